The number of amides is 2. The minimum atomic E-state index is -0.407. The molecule has 2 heterocycles. The molecule has 206 valence electrons. The standard InChI is InChI=1S/C30H28Cl2N4O4/c1-39-23-7-4-6-22(16-23)36-18-27(20-11-13-21(31)14-12-20)33-30(36)34-28(37)19-35(17-24-8-5-15-40-24)29(38)25-9-2-3-10-26(25)32/h2-4,6-7,9-14,16,18,24H,5,8,15,17,19H2,1H3,(H,33,34,37)/t24-/m0/s1. The summed E-state index contributed by atoms with van der Waals surface area (Å²) in [5.41, 5.74) is 2.54. The lowest BCUT2D eigenvalue weighted by molar-refractivity contribution is -0.117. The molecule has 0 saturated carbocycles. The van der Waals surface area contributed by atoms with Gasteiger partial charge in [-0.1, -0.05) is 53.5 Å². The molecular weight excluding hydrogens is 551 g/mol. The van der Waals surface area contributed by atoms with Crippen LogP contribution in [0, 0.1) is 0 Å². The van der Waals surface area contributed by atoms with Crippen molar-refractivity contribution in [3.8, 4) is 22.7 Å². The van der Waals surface area contributed by atoms with E-state index in [1.807, 2.05) is 42.6 Å². The fourth-order valence-electron chi connectivity index (χ4n) is 4.58. The van der Waals surface area contributed by atoms with E-state index in [4.69, 9.17) is 37.7 Å². The molecule has 1 saturated heterocycles. The third-order valence-corrected chi connectivity index (χ3v) is 7.18. The zero-order valence-electron chi connectivity index (χ0n) is 21.8. The lowest BCUT2D eigenvalue weighted by Gasteiger charge is -2.25. The van der Waals surface area contributed by atoms with Crippen LogP contribution in [0.1, 0.15) is 23.2 Å². The summed E-state index contributed by atoms with van der Waals surface area (Å²) >= 11 is 12.4. The first-order valence-electron chi connectivity index (χ1n) is 12.9. The lowest BCUT2D eigenvalue weighted by atomic mass is 10.1. The molecule has 1 aliphatic heterocycles. The molecule has 0 radical (unpaired) electrons. The molecule has 4 aromatic rings. The van der Waals surface area contributed by atoms with Crippen molar-refractivity contribution >= 4 is 41.0 Å². The number of aromatic nitrogens is 2. The number of ether oxygens (including phenoxy) is 2. The van der Waals surface area contributed by atoms with Crippen molar-refractivity contribution in [3.63, 3.8) is 0 Å². The first-order chi connectivity index (χ1) is 19.4. The first-order valence-corrected chi connectivity index (χ1v) is 13.6. The Hall–Kier alpha value is -3.85. The van der Waals surface area contributed by atoms with Crippen LogP contribution >= 0.6 is 23.2 Å². The number of rotatable bonds is 9. The van der Waals surface area contributed by atoms with E-state index in [0.717, 1.165) is 24.1 Å². The largest absolute Gasteiger partial charge is 0.497 e. The Balaban J connectivity index is 1.43. The van der Waals surface area contributed by atoms with Crippen LogP contribution in [0.4, 0.5) is 5.95 Å². The molecule has 1 atom stereocenters. The fourth-order valence-corrected chi connectivity index (χ4v) is 4.92. The van der Waals surface area contributed by atoms with Crippen molar-refractivity contribution in [2.75, 3.05) is 32.1 Å². The van der Waals surface area contributed by atoms with Gasteiger partial charge in [-0.2, -0.15) is 0 Å². The van der Waals surface area contributed by atoms with Crippen LogP contribution in [0.2, 0.25) is 10.0 Å². The van der Waals surface area contributed by atoms with E-state index in [0.29, 0.717) is 39.6 Å². The van der Waals surface area contributed by atoms with Crippen molar-refractivity contribution < 1.29 is 19.1 Å². The monoisotopic (exact) mass is 578 g/mol. The van der Waals surface area contributed by atoms with E-state index >= 15 is 0 Å². The molecular formula is C30H28Cl2N4O4. The number of benzene rings is 3. The Labute approximate surface area is 242 Å². The number of anilines is 1. The van der Waals surface area contributed by atoms with Gasteiger partial charge in [-0.05, 0) is 49.2 Å². The van der Waals surface area contributed by atoms with Gasteiger partial charge in [0.05, 0.1) is 35.2 Å². The summed E-state index contributed by atoms with van der Waals surface area (Å²) in [6.07, 6.45) is 3.41. The van der Waals surface area contributed by atoms with Gasteiger partial charge in [-0.25, -0.2) is 4.98 Å². The molecule has 3 aromatic carbocycles. The first kappa shape index (κ1) is 27.7. The molecule has 40 heavy (non-hydrogen) atoms. The van der Waals surface area contributed by atoms with Crippen molar-refractivity contribution in [3.05, 3.63) is 94.6 Å². The van der Waals surface area contributed by atoms with Gasteiger partial charge in [-0.15, -0.1) is 0 Å². The molecule has 1 fully saturated rings. The summed E-state index contributed by atoms with van der Waals surface area (Å²) in [4.78, 5) is 33.1. The van der Waals surface area contributed by atoms with Gasteiger partial charge in [0.25, 0.3) is 5.91 Å². The van der Waals surface area contributed by atoms with E-state index in [9.17, 15) is 9.59 Å². The second-order valence-corrected chi connectivity index (χ2v) is 10.2. The SMILES string of the molecule is COc1cccc(-n2cc(-c3ccc(Cl)cc3)nc2NC(=O)CN(C[C@@H]2CCCO2)C(=O)c2ccccc2Cl)c1. The van der Waals surface area contributed by atoms with Gasteiger partial charge in [0.2, 0.25) is 11.9 Å². The van der Waals surface area contributed by atoms with Gasteiger partial charge in [0, 0.05) is 36.0 Å². The predicted molar refractivity (Wildman–Crippen MR) is 156 cm³/mol. The van der Waals surface area contributed by atoms with Gasteiger partial charge in [0.1, 0.15) is 12.3 Å². The Morgan fingerprint density at radius 1 is 1.10 bits per heavy atom. The molecule has 1 N–H and O–H groups in total. The number of nitrogens with zero attached hydrogens (tertiary/aromatic N) is 3. The second-order valence-electron chi connectivity index (χ2n) is 9.38. The third-order valence-electron chi connectivity index (χ3n) is 6.60. The fraction of sp³-hybridized carbons (Fsp3) is 0.233. The maximum Gasteiger partial charge on any atom is 0.255 e. The molecule has 1 aliphatic rings. The zero-order chi connectivity index (χ0) is 28.1. The van der Waals surface area contributed by atoms with E-state index in [1.165, 1.54) is 4.90 Å². The van der Waals surface area contributed by atoms with E-state index in [1.54, 1.807) is 48.1 Å². The Morgan fingerprint density at radius 3 is 2.62 bits per heavy atom. The van der Waals surface area contributed by atoms with E-state index < -0.39 is 5.91 Å². The summed E-state index contributed by atoms with van der Waals surface area (Å²) in [6, 6.07) is 21.5. The third kappa shape index (κ3) is 6.47. The number of hydrogen-bond donors (Lipinski definition) is 1. The molecule has 2 amide bonds. The van der Waals surface area contributed by atoms with E-state index in [2.05, 4.69) is 5.32 Å². The summed E-state index contributed by atoms with van der Waals surface area (Å²) in [7, 11) is 1.59. The quantitative estimate of drug-likeness (QED) is 0.259. The smallest absolute Gasteiger partial charge is 0.255 e. The number of methoxy groups -OCH3 is 1. The van der Waals surface area contributed by atoms with Crippen LogP contribution in [0.15, 0.2) is 79.0 Å². The van der Waals surface area contributed by atoms with Crippen LogP contribution in [0.5, 0.6) is 5.75 Å². The Kier molecular flexibility index (Phi) is 8.69. The number of carbonyl (C=O) groups is 2. The maximum atomic E-state index is 13.5. The molecule has 0 aliphatic carbocycles. The zero-order valence-corrected chi connectivity index (χ0v) is 23.4. The molecule has 0 unspecified atom stereocenters. The van der Waals surface area contributed by atoms with Gasteiger partial charge >= 0.3 is 0 Å². The van der Waals surface area contributed by atoms with Crippen LogP contribution < -0.4 is 10.1 Å². The summed E-state index contributed by atoms with van der Waals surface area (Å²) in [6.45, 7) is 0.708. The topological polar surface area (TPSA) is 85.7 Å². The van der Waals surface area contributed by atoms with Gasteiger partial charge in [0.15, 0.2) is 0 Å². The van der Waals surface area contributed by atoms with Crippen LogP contribution in [0.25, 0.3) is 16.9 Å². The predicted octanol–water partition coefficient (Wildman–Crippen LogP) is 6.11. The summed E-state index contributed by atoms with van der Waals surface area (Å²) in [5, 5.41) is 3.84. The Bertz CT molecular complexity index is 1500. The van der Waals surface area contributed by atoms with E-state index in [-0.39, 0.29) is 25.1 Å². The summed E-state index contributed by atoms with van der Waals surface area (Å²) < 4.78 is 12.9. The molecule has 0 spiro atoms. The average Bonchev–Trinajstić information content (AvgIpc) is 3.63. The second kappa shape index (κ2) is 12.6. The number of imidazole rings is 1. The highest BCUT2D eigenvalue weighted by molar-refractivity contribution is 6.33. The average molecular weight is 579 g/mol. The number of nitrogens with one attached hydrogen (secondary N) is 1. The number of halogens is 2. The lowest BCUT2D eigenvalue weighted by Crippen LogP contribution is -2.42. The van der Waals surface area contributed by atoms with Crippen LogP contribution in [-0.2, 0) is 9.53 Å². The Morgan fingerprint density at radius 2 is 1.90 bits per heavy atom. The van der Waals surface area contributed by atoms with Crippen LogP contribution in [0.3, 0.4) is 0 Å². The van der Waals surface area contributed by atoms with Crippen molar-refractivity contribution in [2.45, 2.75) is 18.9 Å². The van der Waals surface area contributed by atoms with Crippen molar-refractivity contribution in [1.29, 1.82) is 0 Å². The highest BCUT2D eigenvalue weighted by atomic mass is 35.5. The molecule has 1 aromatic heterocycles. The summed E-state index contributed by atoms with van der Waals surface area (Å²) in [5.74, 6) is 0.208. The molecule has 10 heteroatoms. The highest BCUT2D eigenvalue weighted by Crippen LogP contribution is 2.27. The van der Waals surface area contributed by atoms with Crippen LogP contribution in [-0.4, -0.2) is 59.2 Å². The maximum absolute atomic E-state index is 13.5. The molecule has 0 bridgehead atoms. The normalized spacial score (nSPS) is 14.6. The van der Waals surface area contributed by atoms with Crippen molar-refractivity contribution in [2.24, 2.45) is 0 Å². The number of carbonyl (C=O) groups excluding carboxylic acids is 2. The van der Waals surface area contributed by atoms with Gasteiger partial charge in [-0.3, -0.25) is 19.5 Å². The minimum absolute atomic E-state index is 0.144. The minimum Gasteiger partial charge on any atom is -0.497 e. The van der Waals surface area contributed by atoms with Crippen molar-refractivity contribution in [1.82, 2.24) is 14.5 Å². The molecule has 5 rings (SSSR count). The molecule has 8 nitrogen and oxygen atoms in total. The highest BCUT2D eigenvalue weighted by Gasteiger charge is 2.27. The number of hydrogen-bond acceptors (Lipinski definition) is 5. The van der Waals surface area contributed by atoms with Gasteiger partial charge < -0.3 is 14.4 Å².